The van der Waals surface area contributed by atoms with Crippen molar-refractivity contribution in [1.82, 2.24) is 15.0 Å². The number of pyridine rings is 1. The van der Waals surface area contributed by atoms with E-state index in [-0.39, 0.29) is 6.04 Å². The highest BCUT2D eigenvalue weighted by molar-refractivity contribution is 5.55. The molecule has 19 heavy (non-hydrogen) atoms. The lowest BCUT2D eigenvalue weighted by molar-refractivity contribution is 0.850. The number of nitrogens with one attached hydrogen (secondary N) is 1. The summed E-state index contributed by atoms with van der Waals surface area (Å²) in [6, 6.07) is 4.11. The van der Waals surface area contributed by atoms with Crippen LogP contribution in [-0.4, -0.2) is 15.0 Å². The summed E-state index contributed by atoms with van der Waals surface area (Å²) in [5, 5.41) is 3.38. The molecule has 2 aromatic heterocycles. The van der Waals surface area contributed by atoms with Crippen molar-refractivity contribution in [2.75, 3.05) is 11.1 Å². The first-order valence-electron chi connectivity index (χ1n) is 6.41. The highest BCUT2D eigenvalue weighted by Crippen LogP contribution is 2.22. The van der Waals surface area contributed by atoms with Gasteiger partial charge in [-0.2, -0.15) is 0 Å². The minimum Gasteiger partial charge on any atom is -0.383 e. The minimum absolute atomic E-state index is 0.140. The largest absolute Gasteiger partial charge is 0.383 e. The van der Waals surface area contributed by atoms with Crippen molar-refractivity contribution < 1.29 is 0 Å². The Bertz CT molecular complexity index is 553. The zero-order chi connectivity index (χ0) is 13.8. The zero-order valence-corrected chi connectivity index (χ0v) is 11.5. The van der Waals surface area contributed by atoms with Crippen LogP contribution in [0.5, 0.6) is 0 Å². The smallest absolute Gasteiger partial charge is 0.135 e. The third-order valence-corrected chi connectivity index (χ3v) is 3.11. The number of anilines is 2. The van der Waals surface area contributed by atoms with Crippen molar-refractivity contribution in [3.05, 3.63) is 41.5 Å². The molecule has 0 aliphatic rings. The predicted octanol–water partition coefficient (Wildman–Crippen LogP) is 2.50. The summed E-state index contributed by atoms with van der Waals surface area (Å²) in [5.74, 6) is 2.09. The van der Waals surface area contributed by atoms with Crippen LogP contribution in [0.4, 0.5) is 11.6 Å². The molecular formula is C14H19N5. The Morgan fingerprint density at radius 1 is 1.26 bits per heavy atom. The topological polar surface area (TPSA) is 76.7 Å². The lowest BCUT2D eigenvalue weighted by atomic mass is 10.1. The number of hydrogen-bond acceptors (Lipinski definition) is 5. The average Bonchev–Trinajstić information content (AvgIpc) is 2.44. The monoisotopic (exact) mass is 257 g/mol. The summed E-state index contributed by atoms with van der Waals surface area (Å²) >= 11 is 0. The molecule has 2 heterocycles. The Labute approximate surface area is 113 Å². The number of nitrogen functional groups attached to an aromatic ring is 1. The summed E-state index contributed by atoms with van der Waals surface area (Å²) < 4.78 is 0. The van der Waals surface area contributed by atoms with Crippen LogP contribution in [-0.2, 0) is 6.42 Å². The maximum atomic E-state index is 5.91. The van der Waals surface area contributed by atoms with E-state index in [0.717, 1.165) is 29.2 Å². The third kappa shape index (κ3) is 2.99. The Morgan fingerprint density at radius 2 is 1.95 bits per heavy atom. The molecule has 0 fully saturated rings. The minimum atomic E-state index is 0.140. The Balaban J connectivity index is 2.26. The van der Waals surface area contributed by atoms with E-state index in [9.17, 15) is 0 Å². The van der Waals surface area contributed by atoms with Gasteiger partial charge in [0.05, 0.1) is 6.04 Å². The number of aryl methyl sites for hydroxylation is 1. The molecule has 2 rings (SSSR count). The molecule has 0 saturated heterocycles. The van der Waals surface area contributed by atoms with E-state index in [4.69, 9.17) is 5.73 Å². The van der Waals surface area contributed by atoms with E-state index in [1.807, 2.05) is 26.0 Å². The van der Waals surface area contributed by atoms with Crippen molar-refractivity contribution in [2.24, 2.45) is 0 Å². The molecule has 0 amide bonds. The molecule has 0 saturated carbocycles. The Hall–Kier alpha value is -2.17. The lowest BCUT2D eigenvalue weighted by Crippen LogP contribution is -2.12. The van der Waals surface area contributed by atoms with Gasteiger partial charge in [0.2, 0.25) is 0 Å². The van der Waals surface area contributed by atoms with Gasteiger partial charge < -0.3 is 11.1 Å². The number of aromatic nitrogens is 3. The molecule has 100 valence electrons. The van der Waals surface area contributed by atoms with Gasteiger partial charge in [0.15, 0.2) is 0 Å². The Morgan fingerprint density at radius 3 is 2.58 bits per heavy atom. The number of nitrogens with two attached hydrogens (primary N) is 1. The van der Waals surface area contributed by atoms with Crippen LogP contribution in [0, 0.1) is 6.92 Å². The van der Waals surface area contributed by atoms with E-state index >= 15 is 0 Å². The van der Waals surface area contributed by atoms with Crippen LogP contribution in [0.1, 0.15) is 36.8 Å². The van der Waals surface area contributed by atoms with Gasteiger partial charge in [-0.1, -0.05) is 6.92 Å². The van der Waals surface area contributed by atoms with Crippen LogP contribution < -0.4 is 11.1 Å². The maximum absolute atomic E-state index is 5.91. The molecule has 2 aromatic rings. The van der Waals surface area contributed by atoms with E-state index in [0.29, 0.717) is 5.82 Å². The molecule has 0 aromatic carbocycles. The average molecular weight is 257 g/mol. The summed E-state index contributed by atoms with van der Waals surface area (Å²) in [7, 11) is 0. The van der Waals surface area contributed by atoms with Crippen LogP contribution in [0.15, 0.2) is 24.5 Å². The first-order chi connectivity index (χ1) is 9.11. The van der Waals surface area contributed by atoms with E-state index in [1.54, 1.807) is 12.4 Å². The van der Waals surface area contributed by atoms with Crippen LogP contribution in [0.2, 0.25) is 0 Å². The third-order valence-electron chi connectivity index (χ3n) is 3.11. The highest BCUT2D eigenvalue weighted by atomic mass is 15.1. The second kappa shape index (κ2) is 5.65. The summed E-state index contributed by atoms with van der Waals surface area (Å²) in [5.41, 5.74) is 7.95. The first-order valence-corrected chi connectivity index (χ1v) is 6.41. The quantitative estimate of drug-likeness (QED) is 0.880. The normalized spacial score (nSPS) is 12.2. The van der Waals surface area contributed by atoms with Gasteiger partial charge in [0.1, 0.15) is 17.5 Å². The zero-order valence-electron chi connectivity index (χ0n) is 11.5. The van der Waals surface area contributed by atoms with Gasteiger partial charge in [-0.3, -0.25) is 4.98 Å². The van der Waals surface area contributed by atoms with Crippen LogP contribution >= 0.6 is 0 Å². The van der Waals surface area contributed by atoms with E-state index < -0.39 is 0 Å². The molecule has 0 radical (unpaired) electrons. The predicted molar refractivity (Wildman–Crippen MR) is 76.8 cm³/mol. The summed E-state index contributed by atoms with van der Waals surface area (Å²) in [4.78, 5) is 12.8. The summed E-state index contributed by atoms with van der Waals surface area (Å²) in [6.07, 6.45) is 4.33. The molecule has 1 unspecified atom stereocenters. The SMILES string of the molecule is CCc1nc(N)c(C)c(NC(C)c2ccncc2)n1. The van der Waals surface area contributed by atoms with Crippen molar-refractivity contribution in [3.63, 3.8) is 0 Å². The van der Waals surface area contributed by atoms with Gasteiger partial charge in [0.25, 0.3) is 0 Å². The first kappa shape index (κ1) is 13.3. The van der Waals surface area contributed by atoms with Gasteiger partial charge in [0, 0.05) is 24.4 Å². The van der Waals surface area contributed by atoms with E-state index in [1.165, 1.54) is 0 Å². The molecule has 0 aliphatic carbocycles. The molecular weight excluding hydrogens is 238 g/mol. The number of nitrogens with zero attached hydrogens (tertiary/aromatic N) is 3. The molecule has 0 spiro atoms. The standard InChI is InChI=1S/C14H19N5/c1-4-12-18-13(15)9(2)14(19-12)17-10(3)11-5-7-16-8-6-11/h5-8,10H,4H2,1-3H3,(H3,15,17,18,19). The van der Waals surface area contributed by atoms with Crippen molar-refractivity contribution in [2.45, 2.75) is 33.2 Å². The van der Waals surface area contributed by atoms with Crippen molar-refractivity contribution in [1.29, 1.82) is 0 Å². The van der Waals surface area contributed by atoms with Crippen LogP contribution in [0.25, 0.3) is 0 Å². The van der Waals surface area contributed by atoms with Crippen LogP contribution in [0.3, 0.4) is 0 Å². The van der Waals surface area contributed by atoms with Crippen molar-refractivity contribution >= 4 is 11.6 Å². The number of rotatable bonds is 4. The second-order valence-corrected chi connectivity index (χ2v) is 4.50. The maximum Gasteiger partial charge on any atom is 0.135 e. The molecule has 0 bridgehead atoms. The molecule has 1 atom stereocenters. The molecule has 5 nitrogen and oxygen atoms in total. The molecule has 0 aliphatic heterocycles. The van der Waals surface area contributed by atoms with Gasteiger partial charge in [-0.05, 0) is 31.5 Å². The van der Waals surface area contributed by atoms with Gasteiger partial charge in [-0.25, -0.2) is 9.97 Å². The highest BCUT2D eigenvalue weighted by Gasteiger charge is 2.11. The van der Waals surface area contributed by atoms with Gasteiger partial charge in [-0.15, -0.1) is 0 Å². The van der Waals surface area contributed by atoms with E-state index in [2.05, 4.69) is 27.2 Å². The lowest BCUT2D eigenvalue weighted by Gasteiger charge is -2.17. The fourth-order valence-electron chi connectivity index (χ4n) is 1.82. The fourth-order valence-corrected chi connectivity index (χ4v) is 1.82. The van der Waals surface area contributed by atoms with Gasteiger partial charge >= 0.3 is 0 Å². The number of hydrogen-bond donors (Lipinski definition) is 2. The van der Waals surface area contributed by atoms with Crippen molar-refractivity contribution in [3.8, 4) is 0 Å². The second-order valence-electron chi connectivity index (χ2n) is 4.50. The molecule has 3 N–H and O–H groups in total. The fraction of sp³-hybridized carbons (Fsp3) is 0.357. The Kier molecular flexibility index (Phi) is 3.94. The molecule has 5 heteroatoms. The summed E-state index contributed by atoms with van der Waals surface area (Å²) in [6.45, 7) is 6.02.